The van der Waals surface area contributed by atoms with Crippen molar-refractivity contribution in [2.45, 2.75) is 51.7 Å². The van der Waals surface area contributed by atoms with E-state index in [2.05, 4.69) is 4.57 Å². The van der Waals surface area contributed by atoms with E-state index >= 15 is 0 Å². The summed E-state index contributed by atoms with van der Waals surface area (Å²) in [6.07, 6.45) is 5.92. The number of thiophene rings is 1. The van der Waals surface area contributed by atoms with Crippen molar-refractivity contribution in [2.24, 2.45) is 0 Å². The van der Waals surface area contributed by atoms with Crippen LogP contribution >= 0.6 is 11.3 Å². The highest BCUT2D eigenvalue weighted by Gasteiger charge is 2.31. The molecule has 0 radical (unpaired) electrons. The second-order valence-electron chi connectivity index (χ2n) is 7.69. The van der Waals surface area contributed by atoms with Gasteiger partial charge in [-0.2, -0.15) is 0 Å². The van der Waals surface area contributed by atoms with E-state index in [1.807, 2.05) is 25.1 Å². The Labute approximate surface area is 174 Å². The summed E-state index contributed by atoms with van der Waals surface area (Å²) in [6, 6.07) is 7.48. The van der Waals surface area contributed by atoms with E-state index in [0.29, 0.717) is 17.5 Å². The number of phenolic OH excluding ortho intramolecular Hbond substituents is 1. The van der Waals surface area contributed by atoms with E-state index in [9.17, 15) is 9.90 Å². The number of aryl methyl sites for hydroxylation is 1. The number of aromatic hydroxyl groups is 1. The lowest BCUT2D eigenvalue weighted by Gasteiger charge is -2.23. The van der Waals surface area contributed by atoms with Crippen molar-refractivity contribution in [1.29, 1.82) is 0 Å². The molecule has 1 saturated carbocycles. The number of aromatic nitrogens is 1. The molecule has 29 heavy (non-hydrogen) atoms. The Bertz CT molecular complexity index is 1040. The third kappa shape index (κ3) is 3.34. The first-order valence-electron chi connectivity index (χ1n) is 10.1. The minimum atomic E-state index is -0.300. The number of carbonyl (C=O) groups is 1. The molecule has 154 valence electrons. The maximum atomic E-state index is 12.4. The number of hydrogen-bond donors (Lipinski definition) is 1. The van der Waals surface area contributed by atoms with Crippen molar-refractivity contribution in [3.05, 3.63) is 40.3 Å². The van der Waals surface area contributed by atoms with Crippen LogP contribution in [0.25, 0.3) is 21.5 Å². The zero-order valence-corrected chi connectivity index (χ0v) is 18.0. The first-order chi connectivity index (χ1) is 14.1. The molecular weight excluding hydrogens is 386 g/mol. The second kappa shape index (κ2) is 8.20. The number of nitrogens with zero attached hydrogens (tertiary/aromatic N) is 1. The molecule has 0 aliphatic heterocycles. The Hall–Kier alpha value is -2.31. The van der Waals surface area contributed by atoms with Gasteiger partial charge in [-0.05, 0) is 48.9 Å². The van der Waals surface area contributed by atoms with E-state index in [-0.39, 0.29) is 11.7 Å². The third-order valence-corrected chi connectivity index (χ3v) is 7.25. The highest BCUT2D eigenvalue weighted by molar-refractivity contribution is 7.21. The van der Waals surface area contributed by atoms with Crippen molar-refractivity contribution in [3.63, 3.8) is 0 Å². The van der Waals surface area contributed by atoms with E-state index in [0.717, 1.165) is 39.9 Å². The predicted octanol–water partition coefficient (Wildman–Crippen LogP) is 5.82. The lowest BCUT2D eigenvalue weighted by molar-refractivity contribution is 0.0605. The summed E-state index contributed by atoms with van der Waals surface area (Å²) >= 11 is 1.51. The lowest BCUT2D eigenvalue weighted by Crippen LogP contribution is -2.09. The maximum absolute atomic E-state index is 12.4. The van der Waals surface area contributed by atoms with Gasteiger partial charge in [0, 0.05) is 12.7 Å². The van der Waals surface area contributed by atoms with Gasteiger partial charge in [-0.25, -0.2) is 4.79 Å². The molecule has 6 heteroatoms. The SMILES string of the molecule is COCn1c(-c2ccccc2O)c(C2CCCCC2)c2sc(C(=O)OC)c(C)c21. The first-order valence-corrected chi connectivity index (χ1v) is 10.9. The number of benzene rings is 1. The number of rotatable bonds is 5. The molecule has 2 aromatic heterocycles. The lowest BCUT2D eigenvalue weighted by atomic mass is 9.83. The summed E-state index contributed by atoms with van der Waals surface area (Å²) < 4.78 is 13.8. The van der Waals surface area contributed by atoms with Crippen molar-refractivity contribution in [3.8, 4) is 17.0 Å². The summed E-state index contributed by atoms with van der Waals surface area (Å²) in [5.74, 6) is 0.367. The summed E-state index contributed by atoms with van der Waals surface area (Å²) in [4.78, 5) is 13.0. The largest absolute Gasteiger partial charge is 0.507 e. The minimum absolute atomic E-state index is 0.262. The third-order valence-electron chi connectivity index (χ3n) is 5.96. The van der Waals surface area contributed by atoms with Gasteiger partial charge in [-0.1, -0.05) is 31.4 Å². The van der Waals surface area contributed by atoms with Crippen LogP contribution in [0, 0.1) is 6.92 Å². The number of esters is 1. The molecule has 2 heterocycles. The van der Waals surface area contributed by atoms with Gasteiger partial charge in [-0.15, -0.1) is 11.3 Å². The molecule has 1 aromatic carbocycles. The van der Waals surface area contributed by atoms with Gasteiger partial charge in [0.05, 0.1) is 23.0 Å². The summed E-state index contributed by atoms with van der Waals surface area (Å²) in [6.45, 7) is 2.32. The van der Waals surface area contributed by atoms with Gasteiger partial charge in [0.1, 0.15) is 17.4 Å². The number of carbonyl (C=O) groups excluding carboxylic acids is 1. The number of ether oxygens (including phenoxy) is 2. The number of fused-ring (bicyclic) bond motifs is 1. The van der Waals surface area contributed by atoms with Crippen LogP contribution in [0.1, 0.15) is 58.8 Å². The summed E-state index contributed by atoms with van der Waals surface area (Å²) in [7, 11) is 3.09. The molecule has 1 aliphatic carbocycles. The molecule has 0 spiro atoms. The monoisotopic (exact) mass is 413 g/mol. The van der Waals surface area contributed by atoms with Gasteiger partial charge in [0.15, 0.2) is 0 Å². The average Bonchev–Trinajstić information content (AvgIpc) is 3.23. The van der Waals surface area contributed by atoms with Gasteiger partial charge in [-0.3, -0.25) is 0 Å². The van der Waals surface area contributed by atoms with Crippen LogP contribution in [0.4, 0.5) is 0 Å². The van der Waals surface area contributed by atoms with Gasteiger partial charge >= 0.3 is 5.97 Å². The molecule has 1 fully saturated rings. The standard InChI is InChI=1S/C23H27NO4S/c1-14-19-22(29-21(14)23(26)28-3)18(15-9-5-4-6-10-15)20(24(19)13-27-2)16-11-7-8-12-17(16)25/h7-8,11-12,15,25H,4-6,9-10,13H2,1-3H3. The smallest absolute Gasteiger partial charge is 0.348 e. The Morgan fingerprint density at radius 3 is 2.59 bits per heavy atom. The fourth-order valence-corrected chi connectivity index (χ4v) is 6.01. The summed E-state index contributed by atoms with van der Waals surface area (Å²) in [5.41, 5.74) is 4.98. The highest BCUT2D eigenvalue weighted by atomic mass is 32.1. The van der Waals surface area contributed by atoms with Crippen molar-refractivity contribution in [2.75, 3.05) is 14.2 Å². The van der Waals surface area contributed by atoms with E-state index in [1.54, 1.807) is 13.2 Å². The molecule has 0 atom stereocenters. The topological polar surface area (TPSA) is 60.7 Å². The molecule has 3 aromatic rings. The van der Waals surface area contributed by atoms with E-state index in [1.165, 1.54) is 43.3 Å². The molecule has 0 amide bonds. The normalized spacial score (nSPS) is 15.1. The van der Waals surface area contributed by atoms with Crippen molar-refractivity contribution < 1.29 is 19.4 Å². The highest BCUT2D eigenvalue weighted by Crippen LogP contribution is 2.49. The second-order valence-corrected chi connectivity index (χ2v) is 8.71. The zero-order valence-electron chi connectivity index (χ0n) is 17.2. The van der Waals surface area contributed by atoms with Gasteiger partial charge in [0.2, 0.25) is 0 Å². The molecule has 0 bridgehead atoms. The van der Waals surface area contributed by atoms with Crippen molar-refractivity contribution in [1.82, 2.24) is 4.57 Å². The molecule has 0 saturated heterocycles. The minimum Gasteiger partial charge on any atom is -0.507 e. The molecule has 5 nitrogen and oxygen atoms in total. The van der Waals surface area contributed by atoms with Crippen LogP contribution in [-0.4, -0.2) is 29.9 Å². The zero-order chi connectivity index (χ0) is 20.5. The number of phenols is 1. The van der Waals surface area contributed by atoms with E-state index < -0.39 is 0 Å². The quantitative estimate of drug-likeness (QED) is 0.535. The Balaban J connectivity index is 2.07. The number of para-hydroxylation sites is 1. The predicted molar refractivity (Wildman–Crippen MR) is 116 cm³/mol. The molecular formula is C23H27NO4S. The van der Waals surface area contributed by atoms with Crippen LogP contribution in [0.5, 0.6) is 5.75 Å². The van der Waals surface area contributed by atoms with Crippen LogP contribution in [-0.2, 0) is 16.2 Å². The van der Waals surface area contributed by atoms with Crippen LogP contribution < -0.4 is 0 Å². The molecule has 1 N–H and O–H groups in total. The molecule has 4 rings (SSSR count). The number of methoxy groups -OCH3 is 2. The fourth-order valence-electron chi connectivity index (χ4n) is 4.66. The first kappa shape index (κ1) is 20.0. The Morgan fingerprint density at radius 1 is 1.21 bits per heavy atom. The van der Waals surface area contributed by atoms with Gasteiger partial charge < -0.3 is 19.1 Å². The summed E-state index contributed by atoms with van der Waals surface area (Å²) in [5, 5.41) is 10.7. The van der Waals surface area contributed by atoms with Crippen LogP contribution in [0.15, 0.2) is 24.3 Å². The maximum Gasteiger partial charge on any atom is 0.348 e. The van der Waals surface area contributed by atoms with Crippen LogP contribution in [0.2, 0.25) is 0 Å². The molecule has 0 unspecified atom stereocenters. The van der Waals surface area contributed by atoms with Crippen LogP contribution in [0.3, 0.4) is 0 Å². The van der Waals surface area contributed by atoms with E-state index in [4.69, 9.17) is 9.47 Å². The Morgan fingerprint density at radius 2 is 1.93 bits per heavy atom. The average molecular weight is 414 g/mol. The van der Waals surface area contributed by atoms with Crippen molar-refractivity contribution >= 4 is 27.5 Å². The Kier molecular flexibility index (Phi) is 5.65. The molecule has 1 aliphatic rings. The fraction of sp³-hybridized carbons (Fsp3) is 0.435. The van der Waals surface area contributed by atoms with Gasteiger partial charge in [0.25, 0.3) is 0 Å². The number of hydrogen-bond acceptors (Lipinski definition) is 5.